The van der Waals surface area contributed by atoms with Gasteiger partial charge in [-0.05, 0) is 79.1 Å². The predicted octanol–water partition coefficient (Wildman–Crippen LogP) is 11.9. The van der Waals surface area contributed by atoms with E-state index in [0.717, 1.165) is 53.8 Å². The highest BCUT2D eigenvalue weighted by molar-refractivity contribution is 5.96. The number of carbonyl (C=O) groups is 1. The Kier molecular flexibility index (Phi) is 18.5. The number of carbonyl (C=O) groups excluding carboxylic acids is 1. The van der Waals surface area contributed by atoms with Crippen LogP contribution >= 0.6 is 0 Å². The van der Waals surface area contributed by atoms with Crippen LogP contribution in [-0.2, 0) is 6.42 Å². The number of hydrogen-bond acceptors (Lipinski definition) is 4. The van der Waals surface area contributed by atoms with Crippen molar-refractivity contribution in [3.05, 3.63) is 88.6 Å². The Morgan fingerprint density at radius 2 is 1.57 bits per heavy atom. The number of methoxy groups -OCH3 is 1. The van der Waals surface area contributed by atoms with Crippen molar-refractivity contribution in [1.82, 2.24) is 5.32 Å². The van der Waals surface area contributed by atoms with Crippen molar-refractivity contribution in [3.63, 3.8) is 0 Å². The molecule has 4 rings (SSSR count). The normalized spacial score (nSPS) is 11.9. The second-order valence-electron chi connectivity index (χ2n) is 9.88. The molecule has 1 aliphatic heterocycles. The van der Waals surface area contributed by atoms with Crippen molar-refractivity contribution in [1.29, 1.82) is 0 Å². The van der Waals surface area contributed by atoms with Gasteiger partial charge >= 0.3 is 0 Å². The average molecular weight is 602 g/mol. The Hall–Kier alpha value is -3.79. The molecule has 0 fully saturated rings. The first-order valence-electron chi connectivity index (χ1n) is 15.7. The first kappa shape index (κ1) is 40.2. The Morgan fingerprint density at radius 1 is 0.886 bits per heavy atom. The van der Waals surface area contributed by atoms with E-state index in [1.165, 1.54) is 22.3 Å². The maximum atomic E-state index is 11.8. The number of benzene rings is 3. The highest BCUT2D eigenvalue weighted by atomic mass is 16.5. The van der Waals surface area contributed by atoms with Crippen LogP contribution in [0.3, 0.4) is 0 Å². The Morgan fingerprint density at radius 3 is 2.11 bits per heavy atom. The van der Waals surface area contributed by atoms with Gasteiger partial charge in [0, 0.05) is 22.9 Å². The Labute approximate surface area is 269 Å². The summed E-state index contributed by atoms with van der Waals surface area (Å²) >= 11 is 0. The third-order valence-corrected chi connectivity index (χ3v) is 7.20. The maximum absolute atomic E-state index is 11.8. The first-order valence-corrected chi connectivity index (χ1v) is 15.7. The van der Waals surface area contributed by atoms with Crippen molar-refractivity contribution in [2.45, 2.75) is 109 Å². The molecule has 4 nitrogen and oxygen atoms in total. The van der Waals surface area contributed by atoms with Crippen LogP contribution < -0.4 is 14.8 Å². The summed E-state index contributed by atoms with van der Waals surface area (Å²) < 4.78 is 12.1. The van der Waals surface area contributed by atoms with Gasteiger partial charge in [0.1, 0.15) is 11.5 Å². The number of rotatable bonds is 12. The van der Waals surface area contributed by atoms with E-state index in [2.05, 4.69) is 75.5 Å². The van der Waals surface area contributed by atoms with Gasteiger partial charge in [0.2, 0.25) is 0 Å². The molecule has 0 saturated heterocycles. The van der Waals surface area contributed by atoms with E-state index in [9.17, 15) is 4.79 Å². The summed E-state index contributed by atoms with van der Waals surface area (Å²) in [5.74, 6) is 1.68. The summed E-state index contributed by atoms with van der Waals surface area (Å²) in [7, 11) is 1.65. The zero-order valence-electron chi connectivity index (χ0n) is 27.5. The molecule has 44 heavy (non-hydrogen) atoms. The largest absolute Gasteiger partial charge is 0.496 e. The molecule has 1 N–H and O–H groups in total. The summed E-state index contributed by atoms with van der Waals surface area (Å²) in [6.07, 6.45) is 8.54. The number of allylic oxidation sites excluding steroid dienone is 1. The molecule has 0 radical (unpaired) electrons. The maximum Gasteiger partial charge on any atom is 0.159 e. The van der Waals surface area contributed by atoms with Crippen LogP contribution in [0.1, 0.15) is 129 Å². The smallest absolute Gasteiger partial charge is 0.159 e. The molecule has 3 aromatic carbocycles. The molecule has 1 atom stereocenters. The number of ketones is 1. The van der Waals surface area contributed by atoms with E-state index in [1.807, 2.05) is 52.1 Å². The minimum absolute atomic E-state index is 0. The van der Waals surface area contributed by atoms with Gasteiger partial charge in [-0.15, -0.1) is 0 Å². The lowest BCUT2D eigenvalue weighted by molar-refractivity contribution is 0.101. The molecule has 242 valence electrons. The highest BCUT2D eigenvalue weighted by Crippen LogP contribution is 2.37. The van der Waals surface area contributed by atoms with Crippen molar-refractivity contribution < 1.29 is 14.3 Å². The summed E-state index contributed by atoms with van der Waals surface area (Å²) in [6.45, 7) is 18.3. The topological polar surface area (TPSA) is 57.5 Å². The molecular weight excluding hydrogens is 542 g/mol. The molecule has 0 bridgehead atoms. The van der Waals surface area contributed by atoms with Gasteiger partial charge in [-0.1, -0.05) is 112 Å². The molecule has 0 saturated carbocycles. The van der Waals surface area contributed by atoms with Crippen LogP contribution in [0.25, 0.3) is 28.5 Å². The molecule has 0 amide bonds. The number of nitrogens with one attached hydrogen (secondary N) is 1. The summed E-state index contributed by atoms with van der Waals surface area (Å²) in [5.41, 5.74) is 9.84. The molecule has 1 aliphatic rings. The second kappa shape index (κ2) is 20.2. The molecule has 0 aliphatic carbocycles. The fourth-order valence-corrected chi connectivity index (χ4v) is 5.00. The number of Topliss-reactive ketones (excluding diaryl/α,β-unsaturated/α-hetero) is 1. The average Bonchev–Trinajstić information content (AvgIpc) is 3.88. The summed E-state index contributed by atoms with van der Waals surface area (Å²) in [4.78, 5) is 11.8. The SMILES string of the molecule is C.C.CC.CC.CCCC(CC)Oc1ccc(-c2cccc(/C=C(\C)c3ccc(C(C)=O)cc3OC)c2CC)cc1C1=CN1. The van der Waals surface area contributed by atoms with Crippen LogP contribution in [-0.4, -0.2) is 19.0 Å². The van der Waals surface area contributed by atoms with Gasteiger partial charge in [0.15, 0.2) is 5.78 Å². The molecule has 0 aromatic heterocycles. The zero-order valence-corrected chi connectivity index (χ0v) is 27.5. The van der Waals surface area contributed by atoms with Crippen LogP contribution in [0.4, 0.5) is 0 Å². The molecule has 1 heterocycles. The fraction of sp³-hybridized carbons (Fsp3) is 0.425. The highest BCUT2D eigenvalue weighted by Gasteiger charge is 2.20. The lowest BCUT2D eigenvalue weighted by atomic mass is 9.91. The van der Waals surface area contributed by atoms with Gasteiger partial charge in [-0.3, -0.25) is 4.79 Å². The fourth-order valence-electron chi connectivity index (χ4n) is 5.00. The van der Waals surface area contributed by atoms with E-state index >= 15 is 0 Å². The lowest BCUT2D eigenvalue weighted by Gasteiger charge is -2.20. The van der Waals surface area contributed by atoms with Crippen LogP contribution in [0.15, 0.2) is 60.8 Å². The first-order chi connectivity index (χ1) is 20.4. The second-order valence-corrected chi connectivity index (χ2v) is 9.88. The van der Waals surface area contributed by atoms with E-state index in [1.54, 1.807) is 14.0 Å². The van der Waals surface area contributed by atoms with Crippen molar-refractivity contribution in [3.8, 4) is 22.6 Å². The Bertz CT molecular complexity index is 1380. The van der Waals surface area contributed by atoms with Crippen LogP contribution in [0, 0.1) is 0 Å². The van der Waals surface area contributed by atoms with Gasteiger partial charge < -0.3 is 14.8 Å². The third kappa shape index (κ3) is 10.1. The standard InChI is InChI=1S/C34H39NO3.2C2H6.2CH4/c1-7-11-27(8-2)38-33-17-15-26(19-31(33)32-21-35-32)30-13-10-12-25(28(30)9-3)18-22(4)29-16-14-24(23(5)36)20-34(29)37-6;2*1-2;;/h10,12-21,27,35H,7-9,11H2,1-6H3;2*1-2H3;2*1H4/b22-18+;;;;. The van der Waals surface area contributed by atoms with Crippen LogP contribution in [0.2, 0.25) is 0 Å². The summed E-state index contributed by atoms with van der Waals surface area (Å²) in [5, 5.41) is 3.27. The monoisotopic (exact) mass is 601 g/mol. The van der Waals surface area contributed by atoms with E-state index in [4.69, 9.17) is 9.47 Å². The molecular formula is C40H59NO3. The Balaban J connectivity index is 0.00000296. The van der Waals surface area contributed by atoms with E-state index in [-0.39, 0.29) is 26.7 Å². The van der Waals surface area contributed by atoms with E-state index in [0.29, 0.717) is 11.3 Å². The minimum atomic E-state index is 0. The van der Waals surface area contributed by atoms with Gasteiger partial charge in [-0.2, -0.15) is 0 Å². The van der Waals surface area contributed by atoms with Gasteiger partial charge in [-0.25, -0.2) is 0 Å². The minimum Gasteiger partial charge on any atom is -0.496 e. The van der Waals surface area contributed by atoms with Crippen molar-refractivity contribution >= 4 is 23.1 Å². The zero-order chi connectivity index (χ0) is 31.2. The predicted molar refractivity (Wildman–Crippen MR) is 195 cm³/mol. The number of hydrogen-bond donors (Lipinski definition) is 1. The number of ether oxygens (including phenoxy) is 2. The molecule has 3 aromatic rings. The van der Waals surface area contributed by atoms with Gasteiger partial charge in [0.05, 0.1) is 18.9 Å². The quantitative estimate of drug-likeness (QED) is 0.166. The van der Waals surface area contributed by atoms with Crippen molar-refractivity contribution in [2.24, 2.45) is 0 Å². The molecule has 0 spiro atoms. The molecule has 1 unspecified atom stereocenters. The van der Waals surface area contributed by atoms with E-state index < -0.39 is 0 Å². The van der Waals surface area contributed by atoms with Crippen molar-refractivity contribution in [2.75, 3.05) is 7.11 Å². The third-order valence-electron chi connectivity index (χ3n) is 7.20. The summed E-state index contributed by atoms with van der Waals surface area (Å²) in [6, 6.07) is 18.7. The molecule has 4 heteroatoms. The van der Waals surface area contributed by atoms with Crippen LogP contribution in [0.5, 0.6) is 11.5 Å². The lowest BCUT2D eigenvalue weighted by Crippen LogP contribution is -2.15. The van der Waals surface area contributed by atoms with Gasteiger partial charge in [0.25, 0.3) is 0 Å².